The normalized spacial score (nSPS) is 14.5. The fourth-order valence-electron chi connectivity index (χ4n) is 6.95. The van der Waals surface area contributed by atoms with E-state index in [1.807, 2.05) is 27.2 Å². The predicted octanol–water partition coefficient (Wildman–Crippen LogP) is 13.9. The zero-order chi connectivity index (χ0) is 42.8. The molecule has 0 aromatic carbocycles. The number of nitrogens with zero attached hydrogens (tertiary/aromatic N) is 1. The Morgan fingerprint density at radius 3 is 1.41 bits per heavy atom. The quantitative estimate of drug-likeness (QED) is 0.0244. The van der Waals surface area contributed by atoms with E-state index in [4.69, 9.17) is 9.05 Å². The van der Waals surface area contributed by atoms with Crippen molar-refractivity contribution in [2.24, 2.45) is 0 Å². The van der Waals surface area contributed by atoms with Crippen molar-refractivity contribution >= 4 is 13.7 Å². The van der Waals surface area contributed by atoms with Crippen LogP contribution in [0.3, 0.4) is 0 Å². The molecule has 0 saturated carbocycles. The zero-order valence-corrected chi connectivity index (χ0v) is 39.7. The van der Waals surface area contributed by atoms with Crippen molar-refractivity contribution in [1.82, 2.24) is 5.32 Å². The molecule has 0 rings (SSSR count). The van der Waals surface area contributed by atoms with Gasteiger partial charge in [0.2, 0.25) is 5.91 Å². The number of likely N-dealkylation sites (N-methyl/N-ethyl adjacent to an activating group) is 1. The molecule has 0 bridgehead atoms. The number of carbonyl (C=O) groups is 1. The molecule has 8 nitrogen and oxygen atoms in total. The van der Waals surface area contributed by atoms with E-state index < -0.39 is 20.0 Å². The molecule has 0 radical (unpaired) electrons. The third-order valence-electron chi connectivity index (χ3n) is 10.9. The van der Waals surface area contributed by atoms with Crippen molar-refractivity contribution in [3.05, 3.63) is 36.5 Å². The molecule has 3 N–H and O–H groups in total. The standard InChI is InChI=1S/C49H95N2O6P/c1-6-8-10-12-14-16-17-18-19-20-21-22-23-24-25-26-27-28-29-30-31-32-33-35-37-39-41-43-49(53)50-47(46-57-58(54,55)56-45-44-51(3,4)5)48(52)42-40-38-36-34-15-13-11-9-7-2/h21-22,24-25,40,42,47-48,52H,6-20,23,26-39,41,43-46H2,1-5H3,(H-,50,53,54,55)/p+1/b22-21-,25-24-,42-40+. The Morgan fingerprint density at radius 1 is 0.586 bits per heavy atom. The van der Waals surface area contributed by atoms with Crippen LogP contribution in [0.2, 0.25) is 0 Å². The Morgan fingerprint density at radius 2 is 0.983 bits per heavy atom. The maximum absolute atomic E-state index is 12.9. The number of nitrogens with one attached hydrogen (secondary N) is 1. The van der Waals surface area contributed by atoms with E-state index >= 15 is 0 Å². The highest BCUT2D eigenvalue weighted by Crippen LogP contribution is 2.43. The van der Waals surface area contributed by atoms with Gasteiger partial charge in [-0.15, -0.1) is 0 Å². The number of phosphoric ester groups is 1. The van der Waals surface area contributed by atoms with Gasteiger partial charge in [0.1, 0.15) is 13.2 Å². The van der Waals surface area contributed by atoms with Crippen molar-refractivity contribution in [2.45, 2.75) is 231 Å². The second kappa shape index (κ2) is 41.1. The van der Waals surface area contributed by atoms with E-state index in [1.54, 1.807) is 6.08 Å². The molecule has 3 atom stereocenters. The van der Waals surface area contributed by atoms with Crippen LogP contribution >= 0.6 is 7.82 Å². The molecule has 0 aliphatic rings. The number of allylic oxidation sites excluding steroid dienone is 5. The fourth-order valence-corrected chi connectivity index (χ4v) is 7.69. The van der Waals surface area contributed by atoms with Crippen LogP contribution in [0, 0.1) is 0 Å². The van der Waals surface area contributed by atoms with E-state index in [9.17, 15) is 19.4 Å². The second-order valence-corrected chi connectivity index (χ2v) is 19.3. The lowest BCUT2D eigenvalue weighted by atomic mass is 10.0. The molecule has 3 unspecified atom stereocenters. The number of aliphatic hydroxyl groups excluding tert-OH is 1. The predicted molar refractivity (Wildman–Crippen MR) is 249 cm³/mol. The summed E-state index contributed by atoms with van der Waals surface area (Å²) in [6, 6.07) is -0.844. The number of phosphoric acid groups is 1. The lowest BCUT2D eigenvalue weighted by Gasteiger charge is -2.25. The lowest BCUT2D eigenvalue weighted by molar-refractivity contribution is -0.870. The van der Waals surface area contributed by atoms with Crippen molar-refractivity contribution in [2.75, 3.05) is 40.9 Å². The Kier molecular flexibility index (Phi) is 40.2. The SMILES string of the molecule is CCCCCCCCC/C=C/C(O)C(COP(=O)(O)OCC[N+](C)(C)C)NC(=O)CCCCCCCCCCCCC/C=C\C/C=C\CCCCCCCCCCC. The molecule has 342 valence electrons. The van der Waals surface area contributed by atoms with E-state index in [0.29, 0.717) is 17.4 Å². The average Bonchev–Trinajstić information content (AvgIpc) is 3.17. The molecule has 0 aromatic heterocycles. The van der Waals surface area contributed by atoms with E-state index in [-0.39, 0.29) is 19.1 Å². The van der Waals surface area contributed by atoms with Crippen LogP contribution in [-0.4, -0.2) is 73.4 Å². The highest BCUT2D eigenvalue weighted by molar-refractivity contribution is 7.47. The van der Waals surface area contributed by atoms with Crippen LogP contribution in [0.15, 0.2) is 36.5 Å². The first-order chi connectivity index (χ1) is 28.0. The van der Waals surface area contributed by atoms with Gasteiger partial charge < -0.3 is 19.8 Å². The third-order valence-corrected chi connectivity index (χ3v) is 11.8. The summed E-state index contributed by atoms with van der Waals surface area (Å²) in [5, 5.41) is 13.8. The Bertz CT molecular complexity index is 1040. The number of hydrogen-bond donors (Lipinski definition) is 3. The Hall–Kier alpha value is -1.28. The highest BCUT2D eigenvalue weighted by Gasteiger charge is 2.27. The molecule has 0 heterocycles. The minimum absolute atomic E-state index is 0.0608. The second-order valence-electron chi connectivity index (χ2n) is 17.8. The van der Waals surface area contributed by atoms with Crippen molar-refractivity contribution < 1.29 is 32.9 Å². The average molecular weight is 840 g/mol. The van der Waals surface area contributed by atoms with Crippen LogP contribution in [0.1, 0.15) is 219 Å². The van der Waals surface area contributed by atoms with Gasteiger partial charge in [0.05, 0.1) is 39.9 Å². The van der Waals surface area contributed by atoms with Crippen LogP contribution in [0.4, 0.5) is 0 Å². The number of carbonyl (C=O) groups excluding carboxylic acids is 1. The van der Waals surface area contributed by atoms with Gasteiger partial charge in [-0.1, -0.05) is 198 Å². The van der Waals surface area contributed by atoms with Crippen molar-refractivity contribution in [1.29, 1.82) is 0 Å². The monoisotopic (exact) mass is 840 g/mol. The summed E-state index contributed by atoms with van der Waals surface area (Å²) in [4.78, 5) is 23.1. The maximum Gasteiger partial charge on any atom is 0.472 e. The molecule has 9 heteroatoms. The molecule has 0 aliphatic carbocycles. The molecule has 0 fully saturated rings. The smallest absolute Gasteiger partial charge is 0.387 e. The van der Waals surface area contributed by atoms with Gasteiger partial charge in [0.25, 0.3) is 0 Å². The molecule has 0 aromatic rings. The lowest BCUT2D eigenvalue weighted by Crippen LogP contribution is -2.45. The van der Waals surface area contributed by atoms with Gasteiger partial charge in [-0.2, -0.15) is 0 Å². The molecule has 0 aliphatic heterocycles. The summed E-state index contributed by atoms with van der Waals surface area (Å²) in [5.74, 6) is -0.182. The van der Waals surface area contributed by atoms with E-state index in [1.165, 1.54) is 154 Å². The number of hydrogen-bond acceptors (Lipinski definition) is 5. The number of unbranched alkanes of at least 4 members (excludes halogenated alkanes) is 27. The van der Waals surface area contributed by atoms with Gasteiger partial charge in [-0.25, -0.2) is 4.57 Å². The summed E-state index contributed by atoms with van der Waals surface area (Å²) in [7, 11) is 1.57. The minimum Gasteiger partial charge on any atom is -0.387 e. The molecule has 0 saturated heterocycles. The van der Waals surface area contributed by atoms with Gasteiger partial charge >= 0.3 is 7.82 Å². The molecular formula is C49H96N2O6P+. The number of quaternary nitrogens is 1. The summed E-state index contributed by atoms with van der Waals surface area (Å²) in [6.07, 6.45) is 51.0. The van der Waals surface area contributed by atoms with E-state index in [2.05, 4.69) is 43.5 Å². The Labute approximate surface area is 359 Å². The number of aliphatic hydroxyl groups is 1. The zero-order valence-electron chi connectivity index (χ0n) is 38.8. The van der Waals surface area contributed by atoms with Crippen molar-refractivity contribution in [3.63, 3.8) is 0 Å². The van der Waals surface area contributed by atoms with Crippen molar-refractivity contribution in [3.8, 4) is 0 Å². The Balaban J connectivity index is 4.11. The van der Waals surface area contributed by atoms with Gasteiger partial charge in [-0.05, 0) is 51.4 Å². The maximum atomic E-state index is 12.9. The molecule has 1 amide bonds. The summed E-state index contributed by atoms with van der Waals surface area (Å²) in [5.41, 5.74) is 0. The molecule has 0 spiro atoms. The third kappa shape index (κ3) is 42.8. The van der Waals surface area contributed by atoms with Gasteiger partial charge in [0, 0.05) is 6.42 Å². The summed E-state index contributed by atoms with van der Waals surface area (Å²) < 4.78 is 23.5. The minimum atomic E-state index is -4.33. The van der Waals surface area contributed by atoms with Gasteiger partial charge in [-0.3, -0.25) is 13.8 Å². The first-order valence-corrected chi connectivity index (χ1v) is 25.9. The first-order valence-electron chi connectivity index (χ1n) is 24.4. The van der Waals surface area contributed by atoms with Crippen LogP contribution in [0.25, 0.3) is 0 Å². The summed E-state index contributed by atoms with van der Waals surface area (Å²) >= 11 is 0. The van der Waals surface area contributed by atoms with Gasteiger partial charge in [0.15, 0.2) is 0 Å². The number of amides is 1. The fraction of sp³-hybridized carbons (Fsp3) is 0.857. The number of rotatable bonds is 44. The van der Waals surface area contributed by atoms with E-state index in [0.717, 1.165) is 44.9 Å². The molecule has 58 heavy (non-hydrogen) atoms. The van der Waals surface area contributed by atoms with Crippen LogP contribution < -0.4 is 5.32 Å². The first kappa shape index (κ1) is 56.7. The molecular weight excluding hydrogens is 744 g/mol. The van der Waals surface area contributed by atoms with Crippen LogP contribution in [0.5, 0.6) is 0 Å². The summed E-state index contributed by atoms with van der Waals surface area (Å²) in [6.45, 7) is 4.78. The highest BCUT2D eigenvalue weighted by atomic mass is 31.2. The largest absolute Gasteiger partial charge is 0.472 e. The topological polar surface area (TPSA) is 105 Å². The van der Waals surface area contributed by atoms with Crippen LogP contribution in [-0.2, 0) is 18.4 Å².